The van der Waals surface area contributed by atoms with Gasteiger partial charge in [0.1, 0.15) is 0 Å². The van der Waals surface area contributed by atoms with Crippen LogP contribution in [0.25, 0.3) is 10.8 Å². The standard InChI is InChI=1S/C24H25N3O2/c28-22(26-17-21-7-3-4-14-25-21)10-12-24(13-11-23(29)27-24)16-18-8-9-19-5-1-2-6-20(19)15-18/h1-9,14-15H,10-13,16-17H2,(H,26,28)(H,27,29). The topological polar surface area (TPSA) is 71.1 Å². The molecule has 0 spiro atoms. The van der Waals surface area contributed by atoms with Crippen LogP contribution in [0.1, 0.15) is 36.9 Å². The Hall–Kier alpha value is -3.21. The molecule has 5 nitrogen and oxygen atoms in total. The minimum Gasteiger partial charge on any atom is -0.350 e. The van der Waals surface area contributed by atoms with Crippen molar-refractivity contribution in [3.63, 3.8) is 0 Å². The number of benzene rings is 2. The van der Waals surface area contributed by atoms with Gasteiger partial charge in [-0.1, -0.05) is 48.5 Å². The molecule has 0 saturated carbocycles. The first-order valence-electron chi connectivity index (χ1n) is 10.1. The fourth-order valence-corrected chi connectivity index (χ4v) is 4.05. The van der Waals surface area contributed by atoms with Crippen LogP contribution in [0.4, 0.5) is 0 Å². The normalized spacial score (nSPS) is 18.6. The average molecular weight is 387 g/mol. The average Bonchev–Trinajstić information content (AvgIpc) is 3.12. The largest absolute Gasteiger partial charge is 0.350 e. The number of hydrogen-bond acceptors (Lipinski definition) is 3. The molecule has 148 valence electrons. The van der Waals surface area contributed by atoms with Crippen molar-refractivity contribution in [3.05, 3.63) is 78.1 Å². The fraction of sp³-hybridized carbons (Fsp3) is 0.292. The molecule has 1 unspecified atom stereocenters. The summed E-state index contributed by atoms with van der Waals surface area (Å²) in [6.07, 6.45) is 4.72. The lowest BCUT2D eigenvalue weighted by Gasteiger charge is -2.29. The predicted molar refractivity (Wildman–Crippen MR) is 113 cm³/mol. The summed E-state index contributed by atoms with van der Waals surface area (Å²) in [4.78, 5) is 28.6. The van der Waals surface area contributed by atoms with Gasteiger partial charge in [0.15, 0.2) is 0 Å². The van der Waals surface area contributed by atoms with Crippen LogP contribution < -0.4 is 10.6 Å². The number of pyridine rings is 1. The second-order valence-corrected chi connectivity index (χ2v) is 7.78. The van der Waals surface area contributed by atoms with Crippen LogP contribution in [0.15, 0.2) is 66.9 Å². The summed E-state index contributed by atoms with van der Waals surface area (Å²) < 4.78 is 0. The zero-order valence-corrected chi connectivity index (χ0v) is 16.4. The minimum atomic E-state index is -0.359. The van der Waals surface area contributed by atoms with Gasteiger partial charge in [0, 0.05) is 24.6 Å². The van der Waals surface area contributed by atoms with Crippen molar-refractivity contribution in [1.29, 1.82) is 0 Å². The van der Waals surface area contributed by atoms with Crippen molar-refractivity contribution in [2.24, 2.45) is 0 Å². The van der Waals surface area contributed by atoms with Gasteiger partial charge >= 0.3 is 0 Å². The van der Waals surface area contributed by atoms with Crippen LogP contribution >= 0.6 is 0 Å². The Kier molecular flexibility index (Phi) is 5.56. The molecule has 5 heteroatoms. The molecular formula is C24H25N3O2. The maximum atomic E-state index is 12.4. The Morgan fingerprint density at radius 2 is 1.90 bits per heavy atom. The van der Waals surface area contributed by atoms with Gasteiger partial charge in [-0.3, -0.25) is 14.6 Å². The number of nitrogens with zero attached hydrogens (tertiary/aromatic N) is 1. The summed E-state index contributed by atoms with van der Waals surface area (Å²) in [5.74, 6) is 0.0503. The molecule has 3 aromatic rings. The number of carbonyl (C=O) groups excluding carboxylic acids is 2. The Morgan fingerprint density at radius 3 is 2.66 bits per heavy atom. The molecule has 0 aliphatic carbocycles. The van der Waals surface area contributed by atoms with E-state index < -0.39 is 0 Å². The number of aromatic nitrogens is 1. The fourth-order valence-electron chi connectivity index (χ4n) is 4.05. The molecule has 1 aromatic heterocycles. The van der Waals surface area contributed by atoms with Gasteiger partial charge in [-0.2, -0.15) is 0 Å². The summed E-state index contributed by atoms with van der Waals surface area (Å²) in [6.45, 7) is 0.420. The van der Waals surface area contributed by atoms with Crippen LogP contribution in [0, 0.1) is 0 Å². The van der Waals surface area contributed by atoms with Crippen molar-refractivity contribution in [2.45, 2.75) is 44.2 Å². The summed E-state index contributed by atoms with van der Waals surface area (Å²) in [7, 11) is 0. The summed E-state index contributed by atoms with van der Waals surface area (Å²) >= 11 is 0. The van der Waals surface area contributed by atoms with Gasteiger partial charge < -0.3 is 10.6 Å². The third-order valence-electron chi connectivity index (χ3n) is 5.62. The van der Waals surface area contributed by atoms with Crippen molar-refractivity contribution in [3.8, 4) is 0 Å². The second-order valence-electron chi connectivity index (χ2n) is 7.78. The van der Waals surface area contributed by atoms with Crippen molar-refractivity contribution < 1.29 is 9.59 Å². The van der Waals surface area contributed by atoms with Gasteiger partial charge in [-0.25, -0.2) is 0 Å². The summed E-state index contributed by atoms with van der Waals surface area (Å²) in [5.41, 5.74) is 1.66. The van der Waals surface area contributed by atoms with E-state index in [2.05, 4.69) is 45.9 Å². The number of hydrogen-bond donors (Lipinski definition) is 2. The smallest absolute Gasteiger partial charge is 0.220 e. The molecule has 29 heavy (non-hydrogen) atoms. The first kappa shape index (κ1) is 19.1. The zero-order valence-electron chi connectivity index (χ0n) is 16.4. The highest BCUT2D eigenvalue weighted by molar-refractivity contribution is 5.83. The number of rotatable bonds is 7. The SMILES string of the molecule is O=C(CCC1(Cc2ccc3ccccc3c2)CCC(=O)N1)NCc1ccccn1. The molecule has 2 N–H and O–H groups in total. The highest BCUT2D eigenvalue weighted by Crippen LogP contribution is 2.30. The zero-order chi connectivity index (χ0) is 20.1. The molecule has 1 atom stereocenters. The highest BCUT2D eigenvalue weighted by Gasteiger charge is 2.37. The predicted octanol–water partition coefficient (Wildman–Crippen LogP) is 3.52. The molecule has 0 bridgehead atoms. The number of fused-ring (bicyclic) bond motifs is 1. The molecule has 1 fully saturated rings. The number of nitrogens with one attached hydrogen (secondary N) is 2. The molecule has 0 radical (unpaired) electrons. The first-order chi connectivity index (χ1) is 14.1. The lowest BCUT2D eigenvalue weighted by molar-refractivity contribution is -0.122. The van der Waals surface area contributed by atoms with Crippen LogP contribution in [0.2, 0.25) is 0 Å². The van der Waals surface area contributed by atoms with Gasteiger partial charge in [-0.15, -0.1) is 0 Å². The third-order valence-corrected chi connectivity index (χ3v) is 5.62. The molecule has 2 heterocycles. The van der Waals surface area contributed by atoms with E-state index in [9.17, 15) is 9.59 Å². The molecule has 2 aromatic carbocycles. The number of amides is 2. The van der Waals surface area contributed by atoms with E-state index in [0.717, 1.165) is 18.5 Å². The molecule has 1 saturated heterocycles. The monoisotopic (exact) mass is 387 g/mol. The molecule has 1 aliphatic rings. The molecule has 4 rings (SSSR count). The quantitative estimate of drug-likeness (QED) is 0.652. The van der Waals surface area contributed by atoms with Gasteiger partial charge in [0.25, 0.3) is 0 Å². The van der Waals surface area contributed by atoms with E-state index in [4.69, 9.17) is 0 Å². The Morgan fingerprint density at radius 1 is 1.07 bits per heavy atom. The second kappa shape index (κ2) is 8.43. The van der Waals surface area contributed by atoms with Gasteiger partial charge in [-0.05, 0) is 47.7 Å². The minimum absolute atomic E-state index is 0.0188. The first-order valence-corrected chi connectivity index (χ1v) is 10.1. The summed E-state index contributed by atoms with van der Waals surface area (Å²) in [5, 5.41) is 8.48. The van der Waals surface area contributed by atoms with Crippen molar-refractivity contribution >= 4 is 22.6 Å². The lowest BCUT2D eigenvalue weighted by Crippen LogP contribution is -2.44. The van der Waals surface area contributed by atoms with E-state index in [1.54, 1.807) is 6.20 Å². The van der Waals surface area contributed by atoms with E-state index in [1.807, 2.05) is 30.3 Å². The number of carbonyl (C=O) groups is 2. The van der Waals surface area contributed by atoms with E-state index in [-0.39, 0.29) is 17.4 Å². The Balaban J connectivity index is 1.41. The summed E-state index contributed by atoms with van der Waals surface area (Å²) in [6, 6.07) is 20.3. The lowest BCUT2D eigenvalue weighted by atomic mass is 9.84. The van der Waals surface area contributed by atoms with Crippen LogP contribution in [-0.2, 0) is 22.6 Å². The van der Waals surface area contributed by atoms with Crippen LogP contribution in [0.5, 0.6) is 0 Å². The Labute approximate surface area is 170 Å². The highest BCUT2D eigenvalue weighted by atomic mass is 16.2. The maximum Gasteiger partial charge on any atom is 0.220 e. The van der Waals surface area contributed by atoms with Crippen LogP contribution in [0.3, 0.4) is 0 Å². The Bertz CT molecular complexity index is 1020. The van der Waals surface area contributed by atoms with Gasteiger partial charge in [0.2, 0.25) is 11.8 Å². The van der Waals surface area contributed by atoms with E-state index >= 15 is 0 Å². The van der Waals surface area contributed by atoms with Gasteiger partial charge in [0.05, 0.1) is 12.2 Å². The molecule has 1 aliphatic heterocycles. The third kappa shape index (κ3) is 4.80. The maximum absolute atomic E-state index is 12.4. The van der Waals surface area contributed by atoms with E-state index in [0.29, 0.717) is 25.8 Å². The molecule has 2 amide bonds. The van der Waals surface area contributed by atoms with Crippen molar-refractivity contribution in [2.75, 3.05) is 0 Å². The van der Waals surface area contributed by atoms with Crippen LogP contribution in [-0.4, -0.2) is 22.3 Å². The van der Waals surface area contributed by atoms with Crippen molar-refractivity contribution in [1.82, 2.24) is 15.6 Å². The van der Waals surface area contributed by atoms with E-state index in [1.165, 1.54) is 16.3 Å². The molecular weight excluding hydrogens is 362 g/mol.